The molecule has 0 aliphatic heterocycles. The molecule has 3 aromatic carbocycles. The average molecular weight is 441 g/mol. The molecule has 2 aromatic heterocycles. The largest absolute Gasteiger partial charge is 0.449 e. The fraction of sp³-hybridized carbons (Fsp3) is 0.192. The number of carbonyl (C=O) groups is 2. The van der Waals surface area contributed by atoms with Crippen LogP contribution in [0, 0.1) is 0 Å². The minimum absolute atomic E-state index is 0.316. The summed E-state index contributed by atoms with van der Waals surface area (Å²) in [6.07, 6.45) is 0.746. The van der Waals surface area contributed by atoms with E-state index in [0.29, 0.717) is 28.8 Å². The van der Waals surface area contributed by atoms with Gasteiger partial charge in [-0.15, -0.1) is 0 Å². The highest BCUT2D eigenvalue weighted by molar-refractivity contribution is 6.10. The molecular formula is C26H23N3O4. The number of para-hydroxylation sites is 1. The lowest BCUT2D eigenvalue weighted by molar-refractivity contribution is -0.124. The van der Waals surface area contributed by atoms with Crippen molar-refractivity contribution in [2.24, 2.45) is 0 Å². The minimum atomic E-state index is -0.918. The number of aromatic nitrogens is 2. The van der Waals surface area contributed by atoms with Crippen molar-refractivity contribution < 1.29 is 18.7 Å². The maximum Gasteiger partial charge on any atom is 0.338 e. The summed E-state index contributed by atoms with van der Waals surface area (Å²) in [5.74, 6) is -0.949. The van der Waals surface area contributed by atoms with Crippen molar-refractivity contribution >= 4 is 50.5 Å². The Morgan fingerprint density at radius 3 is 2.67 bits per heavy atom. The van der Waals surface area contributed by atoms with Crippen LogP contribution in [0.4, 0.5) is 5.69 Å². The molecule has 166 valence electrons. The van der Waals surface area contributed by atoms with Gasteiger partial charge in [0.05, 0.1) is 5.56 Å². The van der Waals surface area contributed by atoms with Gasteiger partial charge >= 0.3 is 5.97 Å². The smallest absolute Gasteiger partial charge is 0.338 e. The van der Waals surface area contributed by atoms with Crippen molar-refractivity contribution in [1.82, 2.24) is 9.55 Å². The Labute approximate surface area is 190 Å². The molecule has 0 saturated heterocycles. The van der Waals surface area contributed by atoms with Gasteiger partial charge in [-0.3, -0.25) is 4.79 Å². The number of hydrogen-bond donors (Lipinski definition) is 1. The number of rotatable bonds is 6. The van der Waals surface area contributed by atoms with Crippen LogP contribution in [0.15, 0.2) is 71.5 Å². The summed E-state index contributed by atoms with van der Waals surface area (Å²) in [5.41, 5.74) is 4.38. The Bertz CT molecular complexity index is 1500. The molecule has 0 radical (unpaired) electrons. The fourth-order valence-corrected chi connectivity index (χ4v) is 4.20. The van der Waals surface area contributed by atoms with Crippen LogP contribution in [0.3, 0.4) is 0 Å². The third kappa shape index (κ3) is 3.71. The first-order chi connectivity index (χ1) is 16.1. The van der Waals surface area contributed by atoms with Crippen LogP contribution in [-0.4, -0.2) is 27.5 Å². The van der Waals surface area contributed by atoms with Crippen LogP contribution in [-0.2, 0) is 16.1 Å². The first-order valence-electron chi connectivity index (χ1n) is 10.9. The number of amides is 1. The van der Waals surface area contributed by atoms with Gasteiger partial charge < -0.3 is 19.0 Å². The highest BCUT2D eigenvalue weighted by Gasteiger charge is 2.23. The highest BCUT2D eigenvalue weighted by Crippen LogP contribution is 2.31. The number of aryl methyl sites for hydroxylation is 1. The number of esters is 1. The number of fused-ring (bicyclic) bond motifs is 4. The van der Waals surface area contributed by atoms with E-state index in [4.69, 9.17) is 9.15 Å². The van der Waals surface area contributed by atoms with Crippen molar-refractivity contribution in [2.75, 3.05) is 5.32 Å². The van der Waals surface area contributed by atoms with Crippen molar-refractivity contribution in [3.8, 4) is 0 Å². The van der Waals surface area contributed by atoms with E-state index >= 15 is 0 Å². The van der Waals surface area contributed by atoms with E-state index in [1.165, 1.54) is 6.39 Å². The lowest BCUT2D eigenvalue weighted by Gasteiger charge is -2.16. The van der Waals surface area contributed by atoms with Gasteiger partial charge in [0.25, 0.3) is 5.91 Å². The number of ether oxygens (including phenoxy) is 1. The van der Waals surface area contributed by atoms with E-state index in [1.54, 1.807) is 25.1 Å². The summed E-state index contributed by atoms with van der Waals surface area (Å²) < 4.78 is 13.0. The molecule has 7 heteroatoms. The maximum atomic E-state index is 12.9. The van der Waals surface area contributed by atoms with Gasteiger partial charge in [0.2, 0.25) is 0 Å². The molecule has 0 spiro atoms. The van der Waals surface area contributed by atoms with Crippen molar-refractivity contribution in [2.45, 2.75) is 32.9 Å². The second-order valence-electron chi connectivity index (χ2n) is 7.82. The number of anilines is 1. The first-order valence-corrected chi connectivity index (χ1v) is 10.9. The Morgan fingerprint density at radius 1 is 1.03 bits per heavy atom. The molecule has 0 saturated carbocycles. The quantitative estimate of drug-likeness (QED) is 0.350. The summed E-state index contributed by atoms with van der Waals surface area (Å²) in [4.78, 5) is 29.6. The van der Waals surface area contributed by atoms with Gasteiger partial charge in [-0.25, -0.2) is 9.78 Å². The molecule has 1 unspecified atom stereocenters. The van der Waals surface area contributed by atoms with Gasteiger partial charge in [-0.2, -0.15) is 0 Å². The van der Waals surface area contributed by atoms with Gasteiger partial charge in [0.15, 0.2) is 18.1 Å². The number of benzene rings is 3. The van der Waals surface area contributed by atoms with Crippen LogP contribution in [0.5, 0.6) is 0 Å². The summed E-state index contributed by atoms with van der Waals surface area (Å²) in [6, 6.07) is 18.9. The van der Waals surface area contributed by atoms with E-state index in [-0.39, 0.29) is 5.91 Å². The van der Waals surface area contributed by atoms with E-state index in [0.717, 1.165) is 28.4 Å². The minimum Gasteiger partial charge on any atom is -0.449 e. The molecule has 1 amide bonds. The van der Waals surface area contributed by atoms with Crippen LogP contribution >= 0.6 is 0 Å². The molecular weight excluding hydrogens is 418 g/mol. The molecule has 2 heterocycles. The lowest BCUT2D eigenvalue weighted by Crippen LogP contribution is -2.32. The lowest BCUT2D eigenvalue weighted by atomic mass is 10.1. The number of hydrogen-bond acceptors (Lipinski definition) is 5. The standard InChI is InChI=1S/C26H23N3O4/c1-3-23(33-26(31)16-9-12-24-20(13-16)27-15-32-24)25(30)28-17-10-11-22-19(14-17)18-7-5-6-8-21(18)29(22)4-2/h5-15,23H,3-4H2,1-2H3,(H,28,30). The fourth-order valence-electron chi connectivity index (χ4n) is 4.20. The van der Waals surface area contributed by atoms with Gasteiger partial charge in [-0.05, 0) is 55.8 Å². The summed E-state index contributed by atoms with van der Waals surface area (Å²) in [7, 11) is 0. The predicted molar refractivity (Wildman–Crippen MR) is 127 cm³/mol. The average Bonchev–Trinajstić information content (AvgIpc) is 3.43. The maximum absolute atomic E-state index is 12.9. The molecule has 0 aliphatic rings. The second kappa shape index (κ2) is 8.43. The number of nitrogens with one attached hydrogen (secondary N) is 1. The number of oxazole rings is 1. The number of nitrogens with zero attached hydrogens (tertiary/aromatic N) is 2. The highest BCUT2D eigenvalue weighted by atomic mass is 16.5. The molecule has 5 rings (SSSR count). The zero-order valence-electron chi connectivity index (χ0n) is 18.4. The zero-order chi connectivity index (χ0) is 22.9. The zero-order valence-corrected chi connectivity index (χ0v) is 18.4. The Morgan fingerprint density at radius 2 is 1.85 bits per heavy atom. The van der Waals surface area contributed by atoms with Crippen LogP contribution < -0.4 is 5.32 Å². The molecule has 0 fully saturated rings. The summed E-state index contributed by atoms with van der Waals surface area (Å²) >= 11 is 0. The van der Waals surface area contributed by atoms with Gasteiger partial charge in [0.1, 0.15) is 5.52 Å². The van der Waals surface area contributed by atoms with Gasteiger partial charge in [0, 0.05) is 34.0 Å². The molecule has 0 aliphatic carbocycles. The molecule has 33 heavy (non-hydrogen) atoms. The van der Waals surface area contributed by atoms with Crippen molar-refractivity contribution in [3.63, 3.8) is 0 Å². The van der Waals surface area contributed by atoms with E-state index in [1.807, 2.05) is 30.3 Å². The third-order valence-electron chi connectivity index (χ3n) is 5.83. The summed E-state index contributed by atoms with van der Waals surface area (Å²) in [5, 5.41) is 5.10. The Balaban J connectivity index is 1.37. The summed E-state index contributed by atoms with van der Waals surface area (Å²) in [6.45, 7) is 4.77. The van der Waals surface area contributed by atoms with Crippen LogP contribution in [0.1, 0.15) is 30.6 Å². The monoisotopic (exact) mass is 441 g/mol. The van der Waals surface area contributed by atoms with Crippen molar-refractivity contribution in [1.29, 1.82) is 0 Å². The van der Waals surface area contributed by atoms with Gasteiger partial charge in [-0.1, -0.05) is 25.1 Å². The van der Waals surface area contributed by atoms with E-state index in [9.17, 15) is 9.59 Å². The normalized spacial score (nSPS) is 12.3. The predicted octanol–water partition coefficient (Wildman–Crippen LogP) is 5.53. The number of carbonyl (C=O) groups excluding carboxylic acids is 2. The molecule has 0 bridgehead atoms. The second-order valence-corrected chi connectivity index (χ2v) is 7.82. The first kappa shape index (κ1) is 20.8. The SMILES string of the molecule is CCC(OC(=O)c1ccc2ocnc2c1)C(=O)Nc1ccc2c(c1)c1ccccc1n2CC. The molecule has 5 aromatic rings. The van der Waals surface area contributed by atoms with E-state index in [2.05, 4.69) is 33.9 Å². The van der Waals surface area contributed by atoms with Crippen molar-refractivity contribution in [3.05, 3.63) is 72.6 Å². The van der Waals surface area contributed by atoms with Crippen LogP contribution in [0.2, 0.25) is 0 Å². The Hall–Kier alpha value is -4.13. The molecule has 1 N–H and O–H groups in total. The molecule has 1 atom stereocenters. The topological polar surface area (TPSA) is 86.4 Å². The molecule has 7 nitrogen and oxygen atoms in total. The van der Waals surface area contributed by atoms with Crippen LogP contribution in [0.25, 0.3) is 32.9 Å². The van der Waals surface area contributed by atoms with E-state index < -0.39 is 12.1 Å². The third-order valence-corrected chi connectivity index (χ3v) is 5.83. The Kier molecular flexibility index (Phi) is 5.30.